The summed E-state index contributed by atoms with van der Waals surface area (Å²) in [5, 5.41) is 11.2. The van der Waals surface area contributed by atoms with Gasteiger partial charge in [0.1, 0.15) is 12.0 Å². The molecule has 4 heterocycles. The van der Waals surface area contributed by atoms with E-state index in [0.29, 0.717) is 48.9 Å². The van der Waals surface area contributed by atoms with E-state index >= 15 is 8.78 Å². The predicted molar refractivity (Wildman–Crippen MR) is 163 cm³/mol. The number of hydrogen-bond donors (Lipinski definition) is 2. The van der Waals surface area contributed by atoms with E-state index in [-0.39, 0.29) is 33.7 Å². The molecule has 220 valence electrons. The first kappa shape index (κ1) is 30.7. The fourth-order valence-electron chi connectivity index (χ4n) is 5.02. The summed E-state index contributed by atoms with van der Waals surface area (Å²) < 4.78 is 39.3. The van der Waals surface area contributed by atoms with Gasteiger partial charge in [0, 0.05) is 43.7 Å². The van der Waals surface area contributed by atoms with Crippen molar-refractivity contribution in [1.82, 2.24) is 30.5 Å². The van der Waals surface area contributed by atoms with E-state index < -0.39 is 28.0 Å². The molecule has 0 saturated carbocycles. The Bertz CT molecular complexity index is 1350. The summed E-state index contributed by atoms with van der Waals surface area (Å²) in [7, 11) is -4.30. The zero-order chi connectivity index (χ0) is 29.6. The largest absolute Gasteiger partial charge is 0.417 e. The average Bonchev–Trinajstić information content (AvgIpc) is 3.30. The summed E-state index contributed by atoms with van der Waals surface area (Å²) in [5.74, 6) is -0.364. The normalized spacial score (nSPS) is 18.8. The third-order valence-electron chi connectivity index (χ3n) is 8.85. The van der Waals surface area contributed by atoms with E-state index in [2.05, 4.69) is 84.7 Å². The quantitative estimate of drug-likeness (QED) is 0.344. The highest BCUT2D eigenvalue weighted by Crippen LogP contribution is 2.39. The molecular formula is C28H45F2N7OSi2. The predicted octanol–water partition coefficient (Wildman–Crippen LogP) is 5.31. The van der Waals surface area contributed by atoms with E-state index in [4.69, 9.17) is 4.43 Å². The molecule has 0 aromatic carbocycles. The van der Waals surface area contributed by atoms with Crippen LogP contribution in [-0.2, 0) is 4.43 Å². The van der Waals surface area contributed by atoms with Crippen molar-refractivity contribution in [3.05, 3.63) is 24.2 Å². The standard InChI is InChI=1S/C28H45F2N7OSi2/c1-17(15-38-39(6,7)8)18(2)20-14-37(12-11-32-20)27-22(30)25(40(9,10)28(3,4)5)21(29)24(34-27)23-19-13-31-16-33-26(19)36-35-23/h13,16-18,20,32H,11-12,14-15H2,1-10H3,(H,31,33,35,36). The van der Waals surface area contributed by atoms with Crippen molar-refractivity contribution in [3.8, 4) is 11.4 Å². The van der Waals surface area contributed by atoms with Gasteiger partial charge < -0.3 is 14.6 Å². The Hall–Kier alpha value is -2.29. The Labute approximate surface area is 238 Å². The van der Waals surface area contributed by atoms with Crippen molar-refractivity contribution >= 4 is 38.4 Å². The molecule has 8 nitrogen and oxygen atoms in total. The number of pyridine rings is 1. The van der Waals surface area contributed by atoms with Gasteiger partial charge in [0.15, 0.2) is 31.4 Å². The van der Waals surface area contributed by atoms with Crippen molar-refractivity contribution in [2.24, 2.45) is 11.8 Å². The zero-order valence-electron chi connectivity index (χ0n) is 25.6. The van der Waals surface area contributed by atoms with Gasteiger partial charge in [-0.1, -0.05) is 47.7 Å². The molecule has 1 aliphatic heterocycles. The highest BCUT2D eigenvalue weighted by atomic mass is 28.4. The van der Waals surface area contributed by atoms with Crippen LogP contribution in [0.5, 0.6) is 0 Å². The summed E-state index contributed by atoms with van der Waals surface area (Å²) >= 11 is 0. The van der Waals surface area contributed by atoms with Crippen LogP contribution in [0.4, 0.5) is 14.6 Å². The maximum atomic E-state index is 16.6. The molecule has 3 aromatic rings. The number of aromatic amines is 1. The van der Waals surface area contributed by atoms with Crippen LogP contribution in [0.15, 0.2) is 12.5 Å². The number of nitrogens with one attached hydrogen (secondary N) is 2. The smallest absolute Gasteiger partial charge is 0.184 e. The molecule has 0 radical (unpaired) electrons. The summed E-state index contributed by atoms with van der Waals surface area (Å²) in [6, 6.07) is 0.112. The lowest BCUT2D eigenvalue weighted by molar-refractivity contribution is 0.177. The molecule has 0 aliphatic carbocycles. The molecule has 40 heavy (non-hydrogen) atoms. The molecule has 0 bridgehead atoms. The summed E-state index contributed by atoms with van der Waals surface area (Å²) in [5.41, 5.74) is 0.844. The second kappa shape index (κ2) is 11.2. The third-order valence-corrected chi connectivity index (χ3v) is 15.3. The van der Waals surface area contributed by atoms with Gasteiger partial charge in [-0.25, -0.2) is 23.7 Å². The van der Waals surface area contributed by atoms with Crippen LogP contribution in [0, 0.1) is 23.5 Å². The Kier molecular flexibility index (Phi) is 8.57. The van der Waals surface area contributed by atoms with Crippen LogP contribution in [0.1, 0.15) is 34.6 Å². The second-order valence-corrected chi connectivity index (χ2v) is 23.6. The van der Waals surface area contributed by atoms with E-state index in [9.17, 15) is 0 Å². The number of aromatic nitrogens is 5. The van der Waals surface area contributed by atoms with Crippen LogP contribution in [0.3, 0.4) is 0 Å². The van der Waals surface area contributed by atoms with Crippen molar-refractivity contribution in [2.75, 3.05) is 31.1 Å². The summed E-state index contributed by atoms with van der Waals surface area (Å²) in [6.07, 6.45) is 2.98. The minimum atomic E-state index is -2.67. The minimum absolute atomic E-state index is 0.0635. The van der Waals surface area contributed by atoms with E-state index in [1.165, 1.54) is 6.33 Å². The average molecular weight is 590 g/mol. The van der Waals surface area contributed by atoms with Gasteiger partial charge in [-0.05, 0) is 36.5 Å². The lowest BCUT2D eigenvalue weighted by Gasteiger charge is -2.41. The van der Waals surface area contributed by atoms with Gasteiger partial charge >= 0.3 is 0 Å². The monoisotopic (exact) mass is 589 g/mol. The van der Waals surface area contributed by atoms with Crippen LogP contribution in [0.2, 0.25) is 37.8 Å². The fourth-order valence-corrected chi connectivity index (χ4v) is 7.86. The first-order valence-corrected chi connectivity index (χ1v) is 20.6. The van der Waals surface area contributed by atoms with Crippen LogP contribution in [-0.4, -0.2) is 73.8 Å². The van der Waals surface area contributed by atoms with Crippen molar-refractivity contribution < 1.29 is 13.2 Å². The van der Waals surface area contributed by atoms with Gasteiger partial charge in [0.2, 0.25) is 0 Å². The van der Waals surface area contributed by atoms with Crippen molar-refractivity contribution in [3.63, 3.8) is 0 Å². The maximum absolute atomic E-state index is 16.6. The molecule has 1 fully saturated rings. The van der Waals surface area contributed by atoms with Gasteiger partial charge in [0.25, 0.3) is 0 Å². The lowest BCUT2D eigenvalue weighted by Crippen LogP contribution is -2.57. The number of H-pyrrole nitrogens is 1. The molecule has 4 rings (SSSR count). The molecule has 3 aromatic heterocycles. The fraction of sp³-hybridized carbons (Fsp3) is 0.643. The van der Waals surface area contributed by atoms with Crippen LogP contribution >= 0.6 is 0 Å². The number of anilines is 1. The maximum Gasteiger partial charge on any atom is 0.184 e. The van der Waals surface area contributed by atoms with Gasteiger partial charge in [-0.15, -0.1) is 0 Å². The molecule has 1 aliphatic rings. The third kappa shape index (κ3) is 6.00. The molecule has 0 spiro atoms. The highest BCUT2D eigenvalue weighted by Gasteiger charge is 2.44. The highest BCUT2D eigenvalue weighted by molar-refractivity contribution is 6.92. The van der Waals surface area contributed by atoms with Crippen LogP contribution < -0.4 is 15.4 Å². The van der Waals surface area contributed by atoms with Gasteiger partial charge in [-0.3, -0.25) is 5.10 Å². The molecule has 2 N–H and O–H groups in total. The van der Waals surface area contributed by atoms with Crippen LogP contribution in [0.25, 0.3) is 22.4 Å². The van der Waals surface area contributed by atoms with E-state index in [0.717, 1.165) is 0 Å². The Morgan fingerprint density at radius 3 is 2.48 bits per heavy atom. The molecule has 1 saturated heterocycles. The number of fused-ring (bicyclic) bond motifs is 1. The van der Waals surface area contributed by atoms with Crippen molar-refractivity contribution in [1.29, 1.82) is 0 Å². The van der Waals surface area contributed by atoms with E-state index in [1.807, 2.05) is 18.0 Å². The lowest BCUT2D eigenvalue weighted by atomic mass is 9.88. The second-order valence-electron chi connectivity index (χ2n) is 13.8. The number of rotatable bonds is 8. The number of nitrogens with zero attached hydrogens (tertiary/aromatic N) is 5. The number of hydrogen-bond acceptors (Lipinski definition) is 7. The molecule has 12 heteroatoms. The Morgan fingerprint density at radius 2 is 1.82 bits per heavy atom. The van der Waals surface area contributed by atoms with Crippen molar-refractivity contribution in [2.45, 2.75) is 78.4 Å². The summed E-state index contributed by atoms with van der Waals surface area (Å²) in [4.78, 5) is 14.9. The number of halogens is 2. The summed E-state index contributed by atoms with van der Waals surface area (Å²) in [6.45, 7) is 23.8. The molecule has 3 atom stereocenters. The topological polar surface area (TPSA) is 91.9 Å². The van der Waals surface area contributed by atoms with E-state index in [1.54, 1.807) is 6.20 Å². The molecular weight excluding hydrogens is 545 g/mol. The molecule has 3 unspecified atom stereocenters. The Balaban J connectivity index is 1.79. The zero-order valence-corrected chi connectivity index (χ0v) is 27.6. The first-order valence-electron chi connectivity index (χ1n) is 14.2. The minimum Gasteiger partial charge on any atom is -0.417 e. The SMILES string of the molecule is CC(CO[Si](C)(C)C)C(C)C1CN(c2nc(-c3[nH]nc4ncncc34)c(F)c([Si](C)(C)C(C)(C)C)c2F)CCN1. The Morgan fingerprint density at radius 1 is 1.12 bits per heavy atom. The van der Waals surface area contributed by atoms with Gasteiger partial charge in [0.05, 0.1) is 19.2 Å². The number of piperazine rings is 1. The molecule has 0 amide bonds. The van der Waals surface area contributed by atoms with Gasteiger partial charge in [-0.2, -0.15) is 5.10 Å². The first-order chi connectivity index (χ1) is 18.5.